The zero-order chi connectivity index (χ0) is 23.7. The van der Waals surface area contributed by atoms with Crippen molar-refractivity contribution in [3.8, 4) is 22.8 Å². The van der Waals surface area contributed by atoms with Crippen LogP contribution in [0.25, 0.3) is 22.8 Å². The van der Waals surface area contributed by atoms with Crippen molar-refractivity contribution in [3.63, 3.8) is 0 Å². The summed E-state index contributed by atoms with van der Waals surface area (Å²) in [5, 5.41) is 4.89. The zero-order valence-corrected chi connectivity index (χ0v) is 19.4. The van der Waals surface area contributed by atoms with E-state index in [9.17, 15) is 13.2 Å². The minimum absolute atomic E-state index is 0.0291. The summed E-state index contributed by atoms with van der Waals surface area (Å²) in [6.07, 6.45) is 4.20. The Labute approximate surface area is 197 Å². The minimum atomic E-state index is -3.13. The Morgan fingerprint density at radius 3 is 2.74 bits per heavy atom. The number of hydrogen-bond donors (Lipinski definition) is 0. The van der Waals surface area contributed by atoms with Crippen LogP contribution in [-0.2, 0) is 21.0 Å². The maximum atomic E-state index is 12.3. The first-order valence-corrected chi connectivity index (χ1v) is 12.7. The van der Waals surface area contributed by atoms with Gasteiger partial charge in [0, 0.05) is 18.2 Å². The first-order chi connectivity index (χ1) is 16.4. The van der Waals surface area contributed by atoms with E-state index in [1.807, 2.05) is 36.4 Å². The summed E-state index contributed by atoms with van der Waals surface area (Å²) >= 11 is 0. The lowest BCUT2D eigenvalue weighted by molar-refractivity contribution is 0.0600. The Morgan fingerprint density at radius 2 is 2.06 bits per heavy atom. The number of carbonyl (C=O) groups is 1. The lowest BCUT2D eigenvalue weighted by atomic mass is 9.98. The molecule has 0 spiro atoms. The first-order valence-electron chi connectivity index (χ1n) is 10.9. The van der Waals surface area contributed by atoms with Gasteiger partial charge in [0.05, 0.1) is 42.2 Å². The standard InChI is InChI=1S/C25H23N3O5S/c1-32-25(29)18-7-4-6-17(14-18)15-20-23(21-8-2-3-11-26-21)27-28(19-10-13-34(30,31)16-19)24(20)22-9-5-12-33-22/h2-9,11-12,14,19H,10,13,15-16H2,1H3. The molecule has 1 aliphatic heterocycles. The van der Waals surface area contributed by atoms with E-state index in [4.69, 9.17) is 14.3 Å². The molecule has 0 bridgehead atoms. The maximum absolute atomic E-state index is 12.3. The third-order valence-electron chi connectivity index (χ3n) is 5.95. The molecule has 174 valence electrons. The van der Waals surface area contributed by atoms with Crippen molar-refractivity contribution in [1.82, 2.24) is 14.8 Å². The third-order valence-corrected chi connectivity index (χ3v) is 7.70. The lowest BCUT2D eigenvalue weighted by Gasteiger charge is -2.13. The van der Waals surface area contributed by atoms with Crippen molar-refractivity contribution in [2.75, 3.05) is 18.6 Å². The predicted octanol–water partition coefficient (Wildman–Crippen LogP) is 3.94. The quantitative estimate of drug-likeness (QED) is 0.387. The van der Waals surface area contributed by atoms with Crippen LogP contribution >= 0.6 is 0 Å². The van der Waals surface area contributed by atoms with E-state index in [1.54, 1.807) is 35.3 Å². The van der Waals surface area contributed by atoms with Crippen molar-refractivity contribution in [2.45, 2.75) is 18.9 Å². The van der Waals surface area contributed by atoms with Gasteiger partial charge in [-0.05, 0) is 48.4 Å². The van der Waals surface area contributed by atoms with Crippen molar-refractivity contribution in [3.05, 3.63) is 83.7 Å². The summed E-state index contributed by atoms with van der Waals surface area (Å²) in [5.41, 5.74) is 4.23. The van der Waals surface area contributed by atoms with E-state index in [2.05, 4.69) is 4.98 Å². The SMILES string of the molecule is COC(=O)c1cccc(Cc2c(-c3ccccn3)nn(C3CCS(=O)(=O)C3)c2-c2ccco2)c1. The second-order valence-electron chi connectivity index (χ2n) is 8.24. The van der Waals surface area contributed by atoms with Crippen LogP contribution in [0.2, 0.25) is 0 Å². The Kier molecular flexibility index (Phi) is 5.79. The maximum Gasteiger partial charge on any atom is 0.337 e. The van der Waals surface area contributed by atoms with Crippen LogP contribution in [0.15, 0.2) is 71.5 Å². The topological polar surface area (TPSA) is 104 Å². The summed E-state index contributed by atoms with van der Waals surface area (Å²) in [7, 11) is -1.78. The average Bonchev–Trinajstić information content (AvgIpc) is 3.58. The smallest absolute Gasteiger partial charge is 0.337 e. The van der Waals surface area contributed by atoms with E-state index >= 15 is 0 Å². The van der Waals surface area contributed by atoms with Gasteiger partial charge in [-0.3, -0.25) is 9.67 Å². The number of ether oxygens (including phenoxy) is 1. The molecule has 1 unspecified atom stereocenters. The van der Waals surface area contributed by atoms with Crippen LogP contribution in [0, 0.1) is 0 Å². The number of aromatic nitrogens is 3. The van der Waals surface area contributed by atoms with Gasteiger partial charge in [-0.1, -0.05) is 18.2 Å². The molecule has 9 heteroatoms. The summed E-state index contributed by atoms with van der Waals surface area (Å²) in [6.45, 7) is 0. The van der Waals surface area contributed by atoms with Crippen molar-refractivity contribution in [1.29, 1.82) is 0 Å². The molecule has 0 aliphatic carbocycles. The van der Waals surface area contributed by atoms with Gasteiger partial charge in [-0.25, -0.2) is 13.2 Å². The van der Waals surface area contributed by atoms with Gasteiger partial charge < -0.3 is 9.15 Å². The molecule has 1 saturated heterocycles. The van der Waals surface area contributed by atoms with E-state index < -0.39 is 15.8 Å². The van der Waals surface area contributed by atoms with E-state index in [1.165, 1.54) is 7.11 Å². The van der Waals surface area contributed by atoms with Crippen LogP contribution < -0.4 is 0 Å². The summed E-state index contributed by atoms with van der Waals surface area (Å²) in [6, 6.07) is 16.1. The number of benzene rings is 1. The Balaban J connectivity index is 1.70. The first kappa shape index (κ1) is 22.1. The van der Waals surface area contributed by atoms with Crippen LogP contribution in [0.1, 0.15) is 33.9 Å². The Morgan fingerprint density at radius 1 is 1.18 bits per heavy atom. The van der Waals surface area contributed by atoms with Gasteiger partial charge in [0.2, 0.25) is 0 Å². The predicted molar refractivity (Wildman–Crippen MR) is 126 cm³/mol. The van der Waals surface area contributed by atoms with Gasteiger partial charge in [0.25, 0.3) is 0 Å². The number of pyridine rings is 1. The normalized spacial score (nSPS) is 17.0. The molecule has 3 aromatic heterocycles. The van der Waals surface area contributed by atoms with E-state index in [-0.39, 0.29) is 17.5 Å². The molecule has 0 radical (unpaired) electrons. The largest absolute Gasteiger partial charge is 0.465 e. The summed E-state index contributed by atoms with van der Waals surface area (Å²) in [5.74, 6) is 0.342. The van der Waals surface area contributed by atoms with Crippen LogP contribution in [0.4, 0.5) is 0 Å². The van der Waals surface area contributed by atoms with Gasteiger partial charge in [-0.15, -0.1) is 0 Å². The van der Waals surface area contributed by atoms with E-state index in [0.29, 0.717) is 35.6 Å². The number of carbonyl (C=O) groups excluding carboxylic acids is 1. The number of sulfone groups is 1. The molecule has 34 heavy (non-hydrogen) atoms. The number of nitrogens with zero attached hydrogens (tertiary/aromatic N) is 3. The summed E-state index contributed by atoms with van der Waals surface area (Å²) in [4.78, 5) is 16.6. The number of hydrogen-bond acceptors (Lipinski definition) is 7. The van der Waals surface area contributed by atoms with Crippen molar-refractivity contribution in [2.24, 2.45) is 0 Å². The lowest BCUT2D eigenvalue weighted by Crippen LogP contribution is -2.14. The average molecular weight is 478 g/mol. The van der Waals surface area contributed by atoms with Gasteiger partial charge in [0.15, 0.2) is 15.6 Å². The third kappa shape index (κ3) is 4.26. The molecule has 5 rings (SSSR count). The molecular formula is C25H23N3O5S. The van der Waals surface area contributed by atoms with Crippen LogP contribution in [-0.4, -0.2) is 47.8 Å². The fourth-order valence-corrected chi connectivity index (χ4v) is 6.07. The highest BCUT2D eigenvalue weighted by Crippen LogP contribution is 2.38. The molecule has 1 aliphatic rings. The molecule has 8 nitrogen and oxygen atoms in total. The number of rotatable bonds is 6. The highest BCUT2D eigenvalue weighted by Gasteiger charge is 2.34. The van der Waals surface area contributed by atoms with E-state index in [0.717, 1.165) is 16.8 Å². The Bertz CT molecular complexity index is 1430. The highest BCUT2D eigenvalue weighted by molar-refractivity contribution is 7.91. The number of esters is 1. The molecule has 4 heterocycles. The van der Waals surface area contributed by atoms with Crippen LogP contribution in [0.3, 0.4) is 0 Å². The molecule has 1 fully saturated rings. The molecule has 0 N–H and O–H groups in total. The molecule has 0 amide bonds. The van der Waals surface area contributed by atoms with Crippen molar-refractivity contribution >= 4 is 15.8 Å². The molecule has 1 aromatic carbocycles. The minimum Gasteiger partial charge on any atom is -0.465 e. The number of methoxy groups -OCH3 is 1. The summed E-state index contributed by atoms with van der Waals surface area (Å²) < 4.78 is 37.0. The fraction of sp³-hybridized carbons (Fsp3) is 0.240. The second kappa shape index (κ2) is 8.90. The van der Waals surface area contributed by atoms with Gasteiger partial charge >= 0.3 is 5.97 Å². The van der Waals surface area contributed by atoms with Crippen LogP contribution in [0.5, 0.6) is 0 Å². The molecule has 0 saturated carbocycles. The highest BCUT2D eigenvalue weighted by atomic mass is 32.2. The second-order valence-corrected chi connectivity index (χ2v) is 10.5. The fourth-order valence-electron chi connectivity index (χ4n) is 4.38. The molecule has 4 aromatic rings. The number of furan rings is 1. The monoisotopic (exact) mass is 477 g/mol. The zero-order valence-electron chi connectivity index (χ0n) is 18.5. The molecule has 1 atom stereocenters. The molecular weight excluding hydrogens is 454 g/mol. The Hall–Kier alpha value is -3.72. The van der Waals surface area contributed by atoms with Gasteiger partial charge in [-0.2, -0.15) is 5.10 Å². The van der Waals surface area contributed by atoms with Gasteiger partial charge in [0.1, 0.15) is 11.4 Å². The van der Waals surface area contributed by atoms with Crippen molar-refractivity contribution < 1.29 is 22.4 Å².